The number of fused-ring (bicyclic) bond motifs is 1. The molecule has 9 heteroatoms. The number of hydrogen-bond acceptors (Lipinski definition) is 7. The Morgan fingerprint density at radius 3 is 2.89 bits per heavy atom. The summed E-state index contributed by atoms with van der Waals surface area (Å²) in [5.74, 6) is 2.33. The Bertz CT molecular complexity index is 974. The zero-order valence-electron chi connectivity index (χ0n) is 15.3. The van der Waals surface area contributed by atoms with Crippen molar-refractivity contribution in [2.75, 3.05) is 25.0 Å². The summed E-state index contributed by atoms with van der Waals surface area (Å²) >= 11 is 0. The molecule has 144 valence electrons. The molecule has 1 aromatic carbocycles. The molecule has 0 fully saturated rings. The third-order valence-corrected chi connectivity index (χ3v) is 4.14. The van der Waals surface area contributed by atoms with Crippen LogP contribution >= 0.6 is 0 Å². The lowest BCUT2D eigenvalue weighted by atomic mass is 10.2. The van der Waals surface area contributed by atoms with Gasteiger partial charge in [-0.25, -0.2) is 14.6 Å². The van der Waals surface area contributed by atoms with E-state index in [-0.39, 0.29) is 12.5 Å². The van der Waals surface area contributed by atoms with Crippen molar-refractivity contribution in [3.8, 4) is 17.3 Å². The van der Waals surface area contributed by atoms with E-state index in [9.17, 15) is 4.79 Å². The molecule has 4 rings (SSSR count). The average molecular weight is 380 g/mol. The van der Waals surface area contributed by atoms with Crippen LogP contribution in [0.4, 0.5) is 5.82 Å². The maximum Gasteiger partial charge on any atom is 0.264 e. The number of para-hydroxylation sites is 2. The van der Waals surface area contributed by atoms with Crippen LogP contribution in [0.3, 0.4) is 0 Å². The number of ether oxygens (including phenoxy) is 2. The van der Waals surface area contributed by atoms with Crippen LogP contribution in [0.2, 0.25) is 0 Å². The van der Waals surface area contributed by atoms with E-state index in [0.717, 1.165) is 5.69 Å². The SMILES string of the molecule is Cc1ccn(-c2cc(NCCNC(=O)C3COc4ccccc4O3)ncn2)n1. The summed E-state index contributed by atoms with van der Waals surface area (Å²) in [6.07, 6.45) is 2.65. The van der Waals surface area contributed by atoms with Crippen molar-refractivity contribution in [2.24, 2.45) is 0 Å². The molecule has 0 aliphatic carbocycles. The van der Waals surface area contributed by atoms with E-state index in [2.05, 4.69) is 25.7 Å². The summed E-state index contributed by atoms with van der Waals surface area (Å²) in [6, 6.07) is 11.0. The molecule has 2 aromatic heterocycles. The largest absolute Gasteiger partial charge is 0.485 e. The number of carbonyl (C=O) groups excluding carboxylic acids is 1. The van der Waals surface area contributed by atoms with Crippen LogP contribution in [0.25, 0.3) is 5.82 Å². The van der Waals surface area contributed by atoms with Gasteiger partial charge in [0.25, 0.3) is 5.91 Å². The first-order chi connectivity index (χ1) is 13.7. The standard InChI is InChI=1S/C19H20N6O3/c1-13-6-9-25(24-13)18-10-17(22-12-23-18)20-7-8-21-19(26)16-11-27-14-4-2-3-5-15(14)28-16/h2-6,9-10,12,16H,7-8,11H2,1H3,(H,21,26)(H,20,22,23). The number of amides is 1. The lowest BCUT2D eigenvalue weighted by Gasteiger charge is -2.25. The molecule has 2 N–H and O–H groups in total. The highest BCUT2D eigenvalue weighted by Crippen LogP contribution is 2.30. The van der Waals surface area contributed by atoms with Crippen molar-refractivity contribution in [1.82, 2.24) is 25.1 Å². The summed E-state index contributed by atoms with van der Waals surface area (Å²) in [4.78, 5) is 20.7. The van der Waals surface area contributed by atoms with E-state index < -0.39 is 6.10 Å². The number of benzene rings is 1. The van der Waals surface area contributed by atoms with Gasteiger partial charge in [0, 0.05) is 25.4 Å². The fourth-order valence-corrected chi connectivity index (χ4v) is 2.75. The highest BCUT2D eigenvalue weighted by Gasteiger charge is 2.26. The third-order valence-electron chi connectivity index (χ3n) is 4.14. The zero-order chi connectivity index (χ0) is 19.3. The van der Waals surface area contributed by atoms with E-state index in [1.54, 1.807) is 16.8 Å². The summed E-state index contributed by atoms with van der Waals surface area (Å²) in [5, 5.41) is 10.3. The van der Waals surface area contributed by atoms with E-state index >= 15 is 0 Å². The number of nitrogens with one attached hydrogen (secondary N) is 2. The summed E-state index contributed by atoms with van der Waals surface area (Å²) in [5.41, 5.74) is 0.910. The van der Waals surface area contributed by atoms with Crippen molar-refractivity contribution in [2.45, 2.75) is 13.0 Å². The second kappa shape index (κ2) is 7.95. The Morgan fingerprint density at radius 2 is 2.07 bits per heavy atom. The first kappa shape index (κ1) is 17.8. The van der Waals surface area contributed by atoms with Gasteiger partial charge in [-0.1, -0.05) is 12.1 Å². The van der Waals surface area contributed by atoms with Gasteiger partial charge in [-0.3, -0.25) is 4.79 Å². The first-order valence-electron chi connectivity index (χ1n) is 8.94. The molecule has 1 amide bonds. The molecule has 0 spiro atoms. The number of rotatable bonds is 6. The Labute approximate surface area is 161 Å². The smallest absolute Gasteiger partial charge is 0.264 e. The highest BCUT2D eigenvalue weighted by molar-refractivity contribution is 5.81. The minimum absolute atomic E-state index is 0.189. The second-order valence-electron chi connectivity index (χ2n) is 6.25. The number of aromatic nitrogens is 4. The lowest BCUT2D eigenvalue weighted by Crippen LogP contribution is -2.45. The van der Waals surface area contributed by atoms with E-state index in [4.69, 9.17) is 9.47 Å². The molecule has 0 saturated heterocycles. The van der Waals surface area contributed by atoms with Gasteiger partial charge in [-0.2, -0.15) is 5.10 Å². The summed E-state index contributed by atoms with van der Waals surface area (Å²) in [7, 11) is 0. The van der Waals surface area contributed by atoms with Gasteiger partial charge in [0.2, 0.25) is 6.10 Å². The molecule has 0 radical (unpaired) electrons. The fraction of sp³-hybridized carbons (Fsp3) is 0.263. The molecule has 3 aromatic rings. The molecular weight excluding hydrogens is 360 g/mol. The maximum atomic E-state index is 12.3. The lowest BCUT2D eigenvalue weighted by molar-refractivity contribution is -0.130. The van der Waals surface area contributed by atoms with E-state index in [0.29, 0.717) is 36.2 Å². The predicted octanol–water partition coefficient (Wildman–Crippen LogP) is 1.34. The van der Waals surface area contributed by atoms with Crippen molar-refractivity contribution in [1.29, 1.82) is 0 Å². The Hall–Kier alpha value is -3.62. The van der Waals surface area contributed by atoms with Crippen molar-refractivity contribution in [3.05, 3.63) is 54.6 Å². The van der Waals surface area contributed by atoms with Gasteiger partial charge in [0.05, 0.1) is 5.69 Å². The van der Waals surface area contributed by atoms with Crippen molar-refractivity contribution in [3.63, 3.8) is 0 Å². The van der Waals surface area contributed by atoms with E-state index in [1.807, 2.05) is 37.4 Å². The van der Waals surface area contributed by atoms with Crippen LogP contribution < -0.4 is 20.1 Å². The second-order valence-corrected chi connectivity index (χ2v) is 6.25. The molecule has 1 aliphatic rings. The van der Waals surface area contributed by atoms with Crippen LogP contribution in [0.15, 0.2) is 48.9 Å². The highest BCUT2D eigenvalue weighted by atomic mass is 16.6. The van der Waals surface area contributed by atoms with Crippen LogP contribution in [-0.2, 0) is 4.79 Å². The molecule has 28 heavy (non-hydrogen) atoms. The van der Waals surface area contributed by atoms with Crippen LogP contribution in [0, 0.1) is 6.92 Å². The molecule has 1 aliphatic heterocycles. The molecule has 1 atom stereocenters. The van der Waals surface area contributed by atoms with E-state index in [1.165, 1.54) is 6.33 Å². The third kappa shape index (κ3) is 4.03. The van der Waals surface area contributed by atoms with Crippen molar-refractivity contribution < 1.29 is 14.3 Å². The minimum atomic E-state index is -0.663. The monoisotopic (exact) mass is 380 g/mol. The first-order valence-corrected chi connectivity index (χ1v) is 8.94. The fourth-order valence-electron chi connectivity index (χ4n) is 2.75. The summed E-state index contributed by atoms with van der Waals surface area (Å²) in [6.45, 7) is 3.03. The molecule has 0 bridgehead atoms. The Kier molecular flexibility index (Phi) is 5.05. The number of anilines is 1. The topological polar surface area (TPSA) is 103 Å². The minimum Gasteiger partial charge on any atom is -0.485 e. The average Bonchev–Trinajstić information content (AvgIpc) is 3.17. The number of nitrogens with zero attached hydrogens (tertiary/aromatic N) is 4. The van der Waals surface area contributed by atoms with Crippen LogP contribution in [0.5, 0.6) is 11.5 Å². The normalized spacial score (nSPS) is 15.1. The van der Waals surface area contributed by atoms with Gasteiger partial charge in [0.1, 0.15) is 18.8 Å². The number of aryl methyl sites for hydroxylation is 1. The molecular formula is C19H20N6O3. The van der Waals surface area contributed by atoms with Crippen LogP contribution in [-0.4, -0.2) is 51.5 Å². The molecule has 9 nitrogen and oxygen atoms in total. The van der Waals surface area contributed by atoms with Crippen molar-refractivity contribution >= 4 is 11.7 Å². The zero-order valence-corrected chi connectivity index (χ0v) is 15.3. The quantitative estimate of drug-likeness (QED) is 0.622. The van der Waals surface area contributed by atoms with Gasteiger partial charge in [-0.15, -0.1) is 0 Å². The maximum absolute atomic E-state index is 12.3. The van der Waals surface area contributed by atoms with Gasteiger partial charge in [0.15, 0.2) is 17.3 Å². The Morgan fingerprint density at radius 1 is 1.21 bits per heavy atom. The molecule has 0 saturated carbocycles. The van der Waals surface area contributed by atoms with Crippen LogP contribution in [0.1, 0.15) is 5.69 Å². The molecule has 3 heterocycles. The van der Waals surface area contributed by atoms with Gasteiger partial charge >= 0.3 is 0 Å². The predicted molar refractivity (Wildman–Crippen MR) is 102 cm³/mol. The summed E-state index contributed by atoms with van der Waals surface area (Å²) < 4.78 is 12.9. The number of hydrogen-bond donors (Lipinski definition) is 2. The molecule has 1 unspecified atom stereocenters. The Balaban J connectivity index is 1.25. The van der Waals surface area contributed by atoms with Gasteiger partial charge < -0.3 is 20.1 Å². The van der Waals surface area contributed by atoms with Gasteiger partial charge in [-0.05, 0) is 25.1 Å². The number of carbonyl (C=O) groups is 1.